The molecule has 0 amide bonds. The molecule has 0 aromatic heterocycles. The molecule has 348 valence electrons. The van der Waals surface area contributed by atoms with Crippen LogP contribution in [0.25, 0.3) is 131 Å². The fourth-order valence-corrected chi connectivity index (χ4v) is 11.5. The van der Waals surface area contributed by atoms with Crippen LogP contribution in [0.5, 0.6) is 0 Å². The van der Waals surface area contributed by atoms with E-state index < -0.39 is 0 Å². The van der Waals surface area contributed by atoms with Crippen molar-refractivity contribution < 1.29 is 0 Å². The number of benzene rings is 14. The highest BCUT2D eigenvalue weighted by Gasteiger charge is 2.20. The van der Waals surface area contributed by atoms with Gasteiger partial charge in [-0.3, -0.25) is 0 Å². The Morgan fingerprint density at radius 2 is 0.514 bits per heavy atom. The number of aryl methyl sites for hydroxylation is 2. The lowest BCUT2D eigenvalue weighted by Gasteiger charge is -2.20. The highest BCUT2D eigenvalue weighted by Crippen LogP contribution is 2.48. The minimum Gasteiger partial charge on any atom is -0.0622 e. The molecule has 0 heterocycles. The number of hydrogen-bond donors (Lipinski definition) is 0. The molecule has 0 saturated carbocycles. The Morgan fingerprint density at radius 1 is 0.176 bits per heavy atom. The van der Waals surface area contributed by atoms with Crippen LogP contribution in [0.15, 0.2) is 279 Å². The molecule has 0 fully saturated rings. The molecule has 0 heteroatoms. The molecular formula is C74H52. The summed E-state index contributed by atoms with van der Waals surface area (Å²) in [6.07, 6.45) is 0. The third-order valence-corrected chi connectivity index (χ3v) is 15.0. The summed E-state index contributed by atoms with van der Waals surface area (Å²) in [5.74, 6) is 0. The van der Waals surface area contributed by atoms with E-state index in [9.17, 15) is 0 Å². The zero-order valence-electron chi connectivity index (χ0n) is 41.6. The van der Waals surface area contributed by atoms with Gasteiger partial charge in [-0.2, -0.15) is 0 Å². The smallest absolute Gasteiger partial charge is 0.00200 e. The van der Waals surface area contributed by atoms with Gasteiger partial charge in [0.1, 0.15) is 0 Å². The third-order valence-electron chi connectivity index (χ3n) is 15.0. The van der Waals surface area contributed by atoms with Crippen LogP contribution in [0, 0.1) is 13.8 Å². The van der Waals surface area contributed by atoms with Crippen LogP contribution in [0.2, 0.25) is 0 Å². The molecule has 14 rings (SSSR count). The topological polar surface area (TPSA) is 0 Å². The second-order valence-electron chi connectivity index (χ2n) is 19.7. The van der Waals surface area contributed by atoms with Gasteiger partial charge in [-0.1, -0.05) is 278 Å². The molecule has 0 unspecified atom stereocenters. The zero-order chi connectivity index (χ0) is 49.5. The van der Waals surface area contributed by atoms with Crippen molar-refractivity contribution in [2.24, 2.45) is 0 Å². The lowest BCUT2D eigenvalue weighted by Crippen LogP contribution is -1.93. The van der Waals surface area contributed by atoms with E-state index in [-0.39, 0.29) is 0 Å². The first kappa shape index (κ1) is 44.6. The minimum atomic E-state index is 1.24. The van der Waals surface area contributed by atoms with Gasteiger partial charge in [0.05, 0.1) is 0 Å². The van der Waals surface area contributed by atoms with E-state index in [1.165, 1.54) is 143 Å². The van der Waals surface area contributed by atoms with Gasteiger partial charge >= 0.3 is 0 Å². The van der Waals surface area contributed by atoms with Crippen molar-refractivity contribution in [2.75, 3.05) is 0 Å². The number of fused-ring (bicyclic) bond motifs is 6. The van der Waals surface area contributed by atoms with Crippen LogP contribution in [0.1, 0.15) is 11.1 Å². The van der Waals surface area contributed by atoms with E-state index in [1.807, 2.05) is 0 Å². The van der Waals surface area contributed by atoms with Gasteiger partial charge in [0.25, 0.3) is 0 Å². The van der Waals surface area contributed by atoms with Crippen molar-refractivity contribution in [3.63, 3.8) is 0 Å². The maximum atomic E-state index is 2.36. The summed E-state index contributed by atoms with van der Waals surface area (Å²) in [7, 11) is 0. The SMILES string of the molecule is Cc1ccc2c(-c3ccc4ccccc4c3)c3ccccc3c(-c3ccc(-c4ccccc4)cc3)c2c1.Cc1ccc2c(-c3ccc4ccccc4c3)c3ccccc3c(-c3ccccc3-c3ccccc3)c2c1. The second kappa shape index (κ2) is 19.0. The van der Waals surface area contributed by atoms with E-state index >= 15 is 0 Å². The Hall–Kier alpha value is -9.36. The molecule has 0 aliphatic carbocycles. The van der Waals surface area contributed by atoms with Crippen molar-refractivity contribution in [1.82, 2.24) is 0 Å². The Balaban J connectivity index is 0.000000143. The van der Waals surface area contributed by atoms with Gasteiger partial charge in [-0.15, -0.1) is 0 Å². The fourth-order valence-electron chi connectivity index (χ4n) is 11.5. The molecule has 0 aliphatic rings. The average Bonchev–Trinajstić information content (AvgIpc) is 3.51. The van der Waals surface area contributed by atoms with E-state index in [0.29, 0.717) is 0 Å². The summed E-state index contributed by atoms with van der Waals surface area (Å²) < 4.78 is 0. The van der Waals surface area contributed by atoms with Gasteiger partial charge in [-0.05, 0) is 157 Å². The first-order chi connectivity index (χ1) is 36.5. The number of rotatable bonds is 6. The summed E-state index contributed by atoms with van der Waals surface area (Å²) in [6, 6.07) is 102. The third kappa shape index (κ3) is 8.08. The Kier molecular flexibility index (Phi) is 11.4. The molecule has 0 radical (unpaired) electrons. The van der Waals surface area contributed by atoms with Crippen LogP contribution in [-0.4, -0.2) is 0 Å². The first-order valence-electron chi connectivity index (χ1n) is 25.7. The average molecular weight is 941 g/mol. The van der Waals surface area contributed by atoms with Crippen molar-refractivity contribution in [1.29, 1.82) is 0 Å². The van der Waals surface area contributed by atoms with Gasteiger partial charge in [0, 0.05) is 0 Å². The van der Waals surface area contributed by atoms with Gasteiger partial charge in [0.2, 0.25) is 0 Å². The van der Waals surface area contributed by atoms with Gasteiger partial charge in [-0.25, -0.2) is 0 Å². The fraction of sp³-hybridized carbons (Fsp3) is 0.0270. The molecule has 0 saturated heterocycles. The lowest BCUT2D eigenvalue weighted by molar-refractivity contribution is 1.51. The molecule has 74 heavy (non-hydrogen) atoms. The summed E-state index contributed by atoms with van der Waals surface area (Å²) >= 11 is 0. The van der Waals surface area contributed by atoms with Gasteiger partial charge in [0.15, 0.2) is 0 Å². The lowest BCUT2D eigenvalue weighted by atomic mass is 9.83. The monoisotopic (exact) mass is 940 g/mol. The molecule has 14 aromatic carbocycles. The van der Waals surface area contributed by atoms with E-state index in [2.05, 4.69) is 293 Å². The van der Waals surface area contributed by atoms with Crippen LogP contribution in [0.4, 0.5) is 0 Å². The predicted octanol–water partition coefficient (Wildman–Crippen LogP) is 20.9. The summed E-state index contributed by atoms with van der Waals surface area (Å²) in [5, 5.41) is 15.4. The molecular weight excluding hydrogens is 889 g/mol. The molecule has 0 spiro atoms. The zero-order valence-corrected chi connectivity index (χ0v) is 41.6. The normalized spacial score (nSPS) is 11.4. The number of hydrogen-bond acceptors (Lipinski definition) is 0. The van der Waals surface area contributed by atoms with Crippen LogP contribution >= 0.6 is 0 Å². The van der Waals surface area contributed by atoms with Crippen LogP contribution in [0.3, 0.4) is 0 Å². The highest BCUT2D eigenvalue weighted by molar-refractivity contribution is 6.24. The van der Waals surface area contributed by atoms with E-state index in [0.717, 1.165) is 0 Å². The predicted molar refractivity (Wildman–Crippen MR) is 320 cm³/mol. The first-order valence-corrected chi connectivity index (χ1v) is 25.7. The summed E-state index contributed by atoms with van der Waals surface area (Å²) in [5.41, 5.74) is 17.8. The molecule has 0 nitrogen and oxygen atoms in total. The molecule has 14 aromatic rings. The second-order valence-corrected chi connectivity index (χ2v) is 19.7. The van der Waals surface area contributed by atoms with E-state index in [4.69, 9.17) is 0 Å². The molecule has 0 atom stereocenters. The quantitative estimate of drug-likeness (QED) is 0.146. The van der Waals surface area contributed by atoms with Crippen LogP contribution in [-0.2, 0) is 0 Å². The summed E-state index contributed by atoms with van der Waals surface area (Å²) in [6.45, 7) is 4.38. The Morgan fingerprint density at radius 3 is 1.03 bits per heavy atom. The maximum Gasteiger partial charge on any atom is -0.00200 e. The highest BCUT2D eigenvalue weighted by atomic mass is 14.2. The van der Waals surface area contributed by atoms with Crippen molar-refractivity contribution in [2.45, 2.75) is 13.8 Å². The van der Waals surface area contributed by atoms with E-state index in [1.54, 1.807) is 0 Å². The Bertz CT molecular complexity index is 4410. The van der Waals surface area contributed by atoms with Crippen LogP contribution < -0.4 is 0 Å². The van der Waals surface area contributed by atoms with Gasteiger partial charge < -0.3 is 0 Å². The molecule has 0 N–H and O–H groups in total. The summed E-state index contributed by atoms with van der Waals surface area (Å²) in [4.78, 5) is 0. The largest absolute Gasteiger partial charge is 0.0622 e. The van der Waals surface area contributed by atoms with Crippen molar-refractivity contribution in [3.8, 4) is 66.8 Å². The van der Waals surface area contributed by atoms with Crippen molar-refractivity contribution >= 4 is 64.6 Å². The van der Waals surface area contributed by atoms with Crippen molar-refractivity contribution in [3.05, 3.63) is 290 Å². The maximum absolute atomic E-state index is 2.36. The molecule has 0 aliphatic heterocycles. The standard InChI is InChI=1S/2C37H26/c1-25-19-22-34-35(23-25)37(31-16-8-7-15-30(31)27-12-3-2-4-13-27)33-18-10-9-17-32(33)36(34)29-21-20-26-11-5-6-14-28(26)24-29;1-25-15-22-34-35(23-25)36(29-19-16-28(17-20-29)26-9-3-2-4-10-26)32-13-7-8-14-33(32)37(34)31-21-18-27-11-5-6-12-30(27)24-31/h2*2-24H,1H3. The minimum absolute atomic E-state index is 1.24. The Labute approximate surface area is 433 Å². The molecule has 0 bridgehead atoms.